The van der Waals surface area contributed by atoms with Gasteiger partial charge in [-0.1, -0.05) is 60.2 Å². The average Bonchev–Trinajstić information content (AvgIpc) is 3.18. The molecule has 0 saturated carbocycles. The lowest BCUT2D eigenvalue weighted by Gasteiger charge is -2.29. The first kappa shape index (κ1) is 24.4. The van der Waals surface area contributed by atoms with Crippen molar-refractivity contribution in [1.82, 2.24) is 10.2 Å². The van der Waals surface area contributed by atoms with Gasteiger partial charge in [0.1, 0.15) is 0 Å². The van der Waals surface area contributed by atoms with Crippen LogP contribution in [-0.4, -0.2) is 36.5 Å². The van der Waals surface area contributed by atoms with Crippen LogP contribution in [0.1, 0.15) is 35.6 Å². The number of hydrogen-bond acceptors (Lipinski definition) is 3. The van der Waals surface area contributed by atoms with E-state index in [1.807, 2.05) is 30.3 Å². The first-order valence-corrected chi connectivity index (χ1v) is 9.51. The largest absolute Gasteiger partial charge is 0.353 e. The molecule has 6 heteroatoms. The van der Waals surface area contributed by atoms with E-state index >= 15 is 0 Å². The first-order valence-electron chi connectivity index (χ1n) is 9.51. The van der Waals surface area contributed by atoms with Crippen LogP contribution in [0, 0.1) is 6.92 Å². The van der Waals surface area contributed by atoms with Gasteiger partial charge in [-0.25, -0.2) is 0 Å². The van der Waals surface area contributed by atoms with Crippen molar-refractivity contribution in [3.05, 3.63) is 71.3 Å². The summed E-state index contributed by atoms with van der Waals surface area (Å²) in [5.41, 5.74) is 9.72. The van der Waals surface area contributed by atoms with Crippen molar-refractivity contribution in [3.63, 3.8) is 0 Å². The zero-order valence-electron chi connectivity index (χ0n) is 16.3. The molecule has 1 heterocycles. The number of rotatable bonds is 7. The van der Waals surface area contributed by atoms with Gasteiger partial charge in [0, 0.05) is 6.54 Å². The number of nitrogens with two attached hydrogens (primary N) is 1. The minimum absolute atomic E-state index is 0. The van der Waals surface area contributed by atoms with Gasteiger partial charge in [0.2, 0.25) is 5.91 Å². The molecular formula is C22H31Cl2N3O. The Balaban J connectivity index is 0.00000196. The summed E-state index contributed by atoms with van der Waals surface area (Å²) in [5, 5.41) is 3.09. The Bertz CT molecular complexity index is 703. The molecule has 2 atom stereocenters. The van der Waals surface area contributed by atoms with Gasteiger partial charge in [-0.15, -0.1) is 24.8 Å². The van der Waals surface area contributed by atoms with Crippen molar-refractivity contribution >= 4 is 30.7 Å². The second-order valence-electron chi connectivity index (χ2n) is 7.21. The normalized spacial score (nSPS) is 15.8. The number of hydrogen-bond donors (Lipinski definition) is 2. The van der Waals surface area contributed by atoms with Crippen LogP contribution in [0.2, 0.25) is 0 Å². The number of carbonyl (C=O) groups is 1. The van der Waals surface area contributed by atoms with Crippen LogP contribution in [0.5, 0.6) is 0 Å². The fraction of sp³-hybridized carbons (Fsp3) is 0.409. The molecule has 0 spiro atoms. The van der Waals surface area contributed by atoms with E-state index in [2.05, 4.69) is 41.4 Å². The molecule has 28 heavy (non-hydrogen) atoms. The maximum Gasteiger partial charge on any atom is 0.237 e. The maximum absolute atomic E-state index is 12.5. The van der Waals surface area contributed by atoms with Gasteiger partial charge in [-0.05, 0) is 50.4 Å². The van der Waals surface area contributed by atoms with E-state index in [1.165, 1.54) is 24.0 Å². The van der Waals surface area contributed by atoms with Crippen LogP contribution in [0.15, 0.2) is 54.6 Å². The molecule has 1 fully saturated rings. The van der Waals surface area contributed by atoms with Crippen LogP contribution in [0.25, 0.3) is 0 Å². The van der Waals surface area contributed by atoms with Gasteiger partial charge in [-0.2, -0.15) is 0 Å². The number of benzene rings is 2. The molecule has 3 N–H and O–H groups in total. The van der Waals surface area contributed by atoms with Crippen molar-refractivity contribution in [2.45, 2.75) is 38.3 Å². The lowest BCUT2D eigenvalue weighted by atomic mass is 10.0. The molecule has 1 saturated heterocycles. The number of carbonyl (C=O) groups excluding carboxylic acids is 1. The Labute approximate surface area is 180 Å². The van der Waals surface area contributed by atoms with Crippen LogP contribution in [0.4, 0.5) is 0 Å². The molecule has 4 nitrogen and oxygen atoms in total. The Morgan fingerprint density at radius 1 is 1.04 bits per heavy atom. The quantitative estimate of drug-likeness (QED) is 0.713. The molecule has 0 aliphatic carbocycles. The van der Waals surface area contributed by atoms with E-state index in [1.54, 1.807) is 0 Å². The van der Waals surface area contributed by atoms with Crippen LogP contribution in [-0.2, 0) is 11.2 Å². The molecule has 0 bridgehead atoms. The summed E-state index contributed by atoms with van der Waals surface area (Å²) >= 11 is 0. The monoisotopic (exact) mass is 423 g/mol. The number of amides is 1. The van der Waals surface area contributed by atoms with Crippen molar-refractivity contribution in [2.75, 3.05) is 19.6 Å². The second-order valence-corrected chi connectivity index (χ2v) is 7.21. The third-order valence-corrected chi connectivity index (χ3v) is 5.15. The molecule has 2 aromatic carbocycles. The van der Waals surface area contributed by atoms with Crippen molar-refractivity contribution < 1.29 is 4.79 Å². The third-order valence-electron chi connectivity index (χ3n) is 5.15. The highest BCUT2D eigenvalue weighted by atomic mass is 35.5. The van der Waals surface area contributed by atoms with Gasteiger partial charge in [-0.3, -0.25) is 9.69 Å². The van der Waals surface area contributed by atoms with Gasteiger partial charge in [0.15, 0.2) is 0 Å². The molecule has 2 aromatic rings. The summed E-state index contributed by atoms with van der Waals surface area (Å²) in [6, 6.07) is 18.3. The van der Waals surface area contributed by atoms with Crippen molar-refractivity contribution in [2.24, 2.45) is 5.73 Å². The summed E-state index contributed by atoms with van der Waals surface area (Å²) < 4.78 is 0. The Hall–Kier alpha value is -1.59. The van der Waals surface area contributed by atoms with Crippen LogP contribution >= 0.6 is 24.8 Å². The topological polar surface area (TPSA) is 58.4 Å². The zero-order chi connectivity index (χ0) is 18.4. The standard InChI is InChI=1S/C22H29N3O.2ClH/c1-17-9-11-19(12-10-17)21(25-13-5-6-14-25)16-24-22(26)20(23)15-18-7-3-2-4-8-18;;/h2-4,7-12,20-21H,5-6,13-16,23H2,1H3,(H,24,26);2*1H. The van der Waals surface area contributed by atoms with Gasteiger partial charge in [0.05, 0.1) is 12.1 Å². The van der Waals surface area contributed by atoms with Crippen molar-refractivity contribution in [3.8, 4) is 0 Å². The predicted octanol–water partition coefficient (Wildman–Crippen LogP) is 3.66. The zero-order valence-corrected chi connectivity index (χ0v) is 18.0. The third kappa shape index (κ3) is 6.78. The van der Waals surface area contributed by atoms with Gasteiger partial charge in [0.25, 0.3) is 0 Å². The van der Waals surface area contributed by atoms with E-state index in [4.69, 9.17) is 5.73 Å². The number of nitrogens with one attached hydrogen (secondary N) is 1. The molecule has 1 aliphatic rings. The molecule has 1 amide bonds. The lowest BCUT2D eigenvalue weighted by Crippen LogP contribution is -2.45. The molecule has 0 radical (unpaired) electrons. The van der Waals surface area contributed by atoms with E-state index in [0.717, 1.165) is 18.7 Å². The lowest BCUT2D eigenvalue weighted by molar-refractivity contribution is -0.122. The summed E-state index contributed by atoms with van der Waals surface area (Å²) in [7, 11) is 0. The predicted molar refractivity (Wildman–Crippen MR) is 120 cm³/mol. The van der Waals surface area contributed by atoms with E-state index < -0.39 is 6.04 Å². The van der Waals surface area contributed by atoms with Crippen molar-refractivity contribution in [1.29, 1.82) is 0 Å². The van der Waals surface area contributed by atoms with E-state index in [9.17, 15) is 4.79 Å². The van der Waals surface area contributed by atoms with E-state index in [-0.39, 0.29) is 36.8 Å². The summed E-state index contributed by atoms with van der Waals surface area (Å²) in [6.45, 7) is 4.87. The fourth-order valence-electron chi connectivity index (χ4n) is 3.59. The maximum atomic E-state index is 12.5. The minimum Gasteiger partial charge on any atom is -0.353 e. The SMILES string of the molecule is Cc1ccc(C(CNC(=O)C(N)Cc2ccccc2)N2CCCC2)cc1.Cl.Cl. The molecule has 3 rings (SSSR count). The van der Waals surface area contributed by atoms with Crippen LogP contribution < -0.4 is 11.1 Å². The molecule has 0 aromatic heterocycles. The number of nitrogens with zero attached hydrogens (tertiary/aromatic N) is 1. The summed E-state index contributed by atoms with van der Waals surface area (Å²) in [6.07, 6.45) is 3.01. The molecule has 154 valence electrons. The van der Waals surface area contributed by atoms with Gasteiger partial charge < -0.3 is 11.1 Å². The minimum atomic E-state index is -0.519. The number of likely N-dealkylation sites (tertiary alicyclic amines) is 1. The smallest absolute Gasteiger partial charge is 0.237 e. The Morgan fingerprint density at radius 3 is 2.25 bits per heavy atom. The molecule has 2 unspecified atom stereocenters. The highest BCUT2D eigenvalue weighted by molar-refractivity contribution is 5.85. The van der Waals surface area contributed by atoms with Crippen LogP contribution in [0.3, 0.4) is 0 Å². The average molecular weight is 424 g/mol. The highest BCUT2D eigenvalue weighted by Gasteiger charge is 2.24. The number of halogens is 2. The number of aryl methyl sites for hydroxylation is 1. The Kier molecular flexibility index (Phi) is 10.5. The molecule has 1 aliphatic heterocycles. The first-order chi connectivity index (χ1) is 12.6. The second kappa shape index (κ2) is 12.1. The summed E-state index contributed by atoms with van der Waals surface area (Å²) in [4.78, 5) is 15.0. The fourth-order valence-corrected chi connectivity index (χ4v) is 3.59. The molecular weight excluding hydrogens is 393 g/mol. The van der Waals surface area contributed by atoms with Gasteiger partial charge >= 0.3 is 0 Å². The highest BCUT2D eigenvalue weighted by Crippen LogP contribution is 2.25. The Morgan fingerprint density at radius 2 is 1.64 bits per heavy atom. The summed E-state index contributed by atoms with van der Waals surface area (Å²) in [5.74, 6) is -0.0786. The van der Waals surface area contributed by atoms with E-state index in [0.29, 0.717) is 13.0 Å².